The first kappa shape index (κ1) is 13.3. The number of alkyl halides is 3. The lowest BCUT2D eigenvalue weighted by molar-refractivity contribution is -0.185. The Kier molecular flexibility index (Phi) is 4.58. The van der Waals surface area contributed by atoms with Crippen LogP contribution in [0, 0.1) is 5.92 Å². The summed E-state index contributed by atoms with van der Waals surface area (Å²) >= 11 is 0. The predicted octanol–water partition coefficient (Wildman–Crippen LogP) is 1.82. The van der Waals surface area contributed by atoms with Gasteiger partial charge in [-0.05, 0) is 32.9 Å². The third-order valence-electron chi connectivity index (χ3n) is 2.71. The highest BCUT2D eigenvalue weighted by atomic mass is 19.4. The molecule has 0 aromatic carbocycles. The van der Waals surface area contributed by atoms with Gasteiger partial charge in [-0.25, -0.2) is 0 Å². The van der Waals surface area contributed by atoms with Gasteiger partial charge in [0, 0.05) is 0 Å². The summed E-state index contributed by atoms with van der Waals surface area (Å²) in [6, 6.07) is 0. The van der Waals surface area contributed by atoms with E-state index in [1.807, 2.05) is 0 Å². The Labute approximate surface area is 92.5 Å². The van der Waals surface area contributed by atoms with Crippen molar-refractivity contribution in [2.45, 2.75) is 25.9 Å². The van der Waals surface area contributed by atoms with E-state index in [1.54, 1.807) is 11.8 Å². The molecule has 1 aliphatic rings. The molecule has 0 bridgehead atoms. The zero-order valence-electron chi connectivity index (χ0n) is 9.22. The second kappa shape index (κ2) is 5.52. The van der Waals surface area contributed by atoms with Gasteiger partial charge in [-0.2, -0.15) is 13.2 Å². The summed E-state index contributed by atoms with van der Waals surface area (Å²) in [5, 5.41) is 0. The van der Waals surface area contributed by atoms with Gasteiger partial charge in [0.25, 0.3) is 0 Å². The minimum Gasteiger partial charge on any atom is -0.465 e. The fourth-order valence-electron chi connectivity index (χ4n) is 1.81. The quantitative estimate of drug-likeness (QED) is 0.704. The van der Waals surface area contributed by atoms with E-state index in [4.69, 9.17) is 4.74 Å². The molecular weight excluding hydrogens is 223 g/mol. The van der Waals surface area contributed by atoms with Crippen LogP contribution < -0.4 is 0 Å². The maximum Gasteiger partial charge on any atom is 0.391 e. The van der Waals surface area contributed by atoms with E-state index in [0.29, 0.717) is 19.7 Å². The molecule has 1 saturated heterocycles. The van der Waals surface area contributed by atoms with Crippen LogP contribution in [-0.2, 0) is 9.53 Å². The van der Waals surface area contributed by atoms with Gasteiger partial charge in [-0.15, -0.1) is 0 Å². The summed E-state index contributed by atoms with van der Waals surface area (Å²) in [5.41, 5.74) is 0. The molecule has 1 aliphatic heterocycles. The normalized spacial score (nSPS) is 19.8. The number of carbonyl (C=O) groups is 1. The van der Waals surface area contributed by atoms with Gasteiger partial charge in [-0.1, -0.05) is 0 Å². The van der Waals surface area contributed by atoms with Crippen molar-refractivity contribution >= 4 is 5.97 Å². The molecule has 0 N–H and O–H groups in total. The number of rotatable bonds is 3. The second-order valence-electron chi connectivity index (χ2n) is 3.90. The highest BCUT2D eigenvalue weighted by molar-refractivity contribution is 5.71. The average Bonchev–Trinajstić information content (AvgIpc) is 2.17. The van der Waals surface area contributed by atoms with Crippen LogP contribution in [0.15, 0.2) is 0 Å². The molecule has 0 radical (unpaired) electrons. The standard InChI is InChI=1S/C10H16F3NO2/c1-2-16-9(15)7-14-5-3-8(4-6-14)10(11,12)13/h8H,2-7H2,1H3. The number of halogens is 3. The van der Waals surface area contributed by atoms with Gasteiger partial charge in [0.1, 0.15) is 0 Å². The van der Waals surface area contributed by atoms with Gasteiger partial charge in [0.05, 0.1) is 19.1 Å². The van der Waals surface area contributed by atoms with E-state index in [1.165, 1.54) is 0 Å². The first-order valence-electron chi connectivity index (χ1n) is 5.38. The number of hydrogen-bond acceptors (Lipinski definition) is 3. The van der Waals surface area contributed by atoms with Crippen LogP contribution in [0.1, 0.15) is 19.8 Å². The summed E-state index contributed by atoms with van der Waals surface area (Å²) in [6.07, 6.45) is -3.96. The number of likely N-dealkylation sites (tertiary alicyclic amines) is 1. The highest BCUT2D eigenvalue weighted by Gasteiger charge is 2.41. The van der Waals surface area contributed by atoms with E-state index >= 15 is 0 Å². The molecule has 0 amide bonds. The molecule has 16 heavy (non-hydrogen) atoms. The van der Waals surface area contributed by atoms with Gasteiger partial charge >= 0.3 is 12.1 Å². The monoisotopic (exact) mass is 239 g/mol. The highest BCUT2D eigenvalue weighted by Crippen LogP contribution is 2.33. The summed E-state index contributed by atoms with van der Waals surface area (Å²) < 4.78 is 41.8. The molecule has 0 aromatic heterocycles. The lowest BCUT2D eigenvalue weighted by Gasteiger charge is -2.32. The van der Waals surface area contributed by atoms with E-state index in [9.17, 15) is 18.0 Å². The topological polar surface area (TPSA) is 29.5 Å². The Morgan fingerprint density at radius 3 is 2.38 bits per heavy atom. The largest absolute Gasteiger partial charge is 0.465 e. The third kappa shape index (κ3) is 4.00. The Balaban J connectivity index is 2.30. The van der Waals surface area contributed by atoms with Crippen LogP contribution in [0.4, 0.5) is 13.2 Å². The number of esters is 1. The van der Waals surface area contributed by atoms with E-state index in [-0.39, 0.29) is 25.4 Å². The fraction of sp³-hybridized carbons (Fsp3) is 0.900. The van der Waals surface area contributed by atoms with Crippen molar-refractivity contribution in [3.63, 3.8) is 0 Å². The van der Waals surface area contributed by atoms with Gasteiger partial charge in [0.2, 0.25) is 0 Å². The minimum atomic E-state index is -4.10. The van der Waals surface area contributed by atoms with E-state index in [0.717, 1.165) is 0 Å². The van der Waals surface area contributed by atoms with Gasteiger partial charge in [0.15, 0.2) is 0 Å². The van der Waals surface area contributed by atoms with Crippen LogP contribution >= 0.6 is 0 Å². The molecule has 1 heterocycles. The van der Waals surface area contributed by atoms with Crippen LogP contribution in [0.3, 0.4) is 0 Å². The minimum absolute atomic E-state index is 0.0723. The molecule has 1 fully saturated rings. The smallest absolute Gasteiger partial charge is 0.391 e. The first-order valence-corrected chi connectivity index (χ1v) is 5.38. The van der Waals surface area contributed by atoms with Crippen molar-refractivity contribution < 1.29 is 22.7 Å². The zero-order chi connectivity index (χ0) is 12.2. The molecule has 94 valence electrons. The molecule has 0 aliphatic carbocycles. The first-order chi connectivity index (χ1) is 7.43. The summed E-state index contributed by atoms with van der Waals surface area (Å²) in [7, 11) is 0. The second-order valence-corrected chi connectivity index (χ2v) is 3.90. The summed E-state index contributed by atoms with van der Waals surface area (Å²) in [6.45, 7) is 2.72. The fourth-order valence-corrected chi connectivity index (χ4v) is 1.81. The maximum absolute atomic E-state index is 12.3. The predicted molar refractivity (Wildman–Crippen MR) is 51.9 cm³/mol. The number of nitrogens with zero attached hydrogens (tertiary/aromatic N) is 1. The van der Waals surface area contributed by atoms with Crippen molar-refractivity contribution in [2.75, 3.05) is 26.2 Å². The Morgan fingerprint density at radius 1 is 1.38 bits per heavy atom. The molecule has 0 aromatic rings. The Hall–Kier alpha value is -0.780. The lowest BCUT2D eigenvalue weighted by Crippen LogP contribution is -2.41. The van der Waals surface area contributed by atoms with Crippen molar-refractivity contribution in [2.24, 2.45) is 5.92 Å². The Morgan fingerprint density at radius 2 is 1.94 bits per heavy atom. The zero-order valence-corrected chi connectivity index (χ0v) is 9.22. The maximum atomic E-state index is 12.3. The lowest BCUT2D eigenvalue weighted by atomic mass is 9.96. The van der Waals surface area contributed by atoms with Crippen LogP contribution in [0.25, 0.3) is 0 Å². The number of hydrogen-bond donors (Lipinski definition) is 0. The molecule has 1 rings (SSSR count). The van der Waals surface area contributed by atoms with Gasteiger partial charge in [-0.3, -0.25) is 9.69 Å². The van der Waals surface area contributed by atoms with Gasteiger partial charge < -0.3 is 4.74 Å². The molecule has 6 heteroatoms. The molecule has 0 spiro atoms. The average molecular weight is 239 g/mol. The Bertz CT molecular complexity index is 235. The van der Waals surface area contributed by atoms with Crippen molar-refractivity contribution in [3.8, 4) is 0 Å². The molecule has 0 unspecified atom stereocenters. The molecule has 3 nitrogen and oxygen atoms in total. The number of piperidine rings is 1. The molecule has 0 saturated carbocycles. The van der Waals surface area contributed by atoms with Crippen LogP contribution in [-0.4, -0.2) is 43.3 Å². The summed E-state index contributed by atoms with van der Waals surface area (Å²) in [5.74, 6) is -1.58. The van der Waals surface area contributed by atoms with Crippen LogP contribution in [0.5, 0.6) is 0 Å². The van der Waals surface area contributed by atoms with E-state index in [2.05, 4.69) is 0 Å². The molecular formula is C10H16F3NO2. The summed E-state index contributed by atoms with van der Waals surface area (Å²) in [4.78, 5) is 12.8. The third-order valence-corrected chi connectivity index (χ3v) is 2.71. The number of carbonyl (C=O) groups excluding carboxylic acids is 1. The molecule has 0 atom stereocenters. The van der Waals surface area contributed by atoms with Crippen molar-refractivity contribution in [1.29, 1.82) is 0 Å². The van der Waals surface area contributed by atoms with Crippen molar-refractivity contribution in [1.82, 2.24) is 4.90 Å². The van der Waals surface area contributed by atoms with E-state index < -0.39 is 12.1 Å². The number of ether oxygens (including phenoxy) is 1. The SMILES string of the molecule is CCOC(=O)CN1CCC(C(F)(F)F)CC1. The van der Waals surface area contributed by atoms with Crippen molar-refractivity contribution in [3.05, 3.63) is 0 Å². The van der Waals surface area contributed by atoms with Crippen LogP contribution in [0.2, 0.25) is 0 Å².